The van der Waals surface area contributed by atoms with E-state index in [1.54, 1.807) is 0 Å². The van der Waals surface area contributed by atoms with E-state index in [1.165, 1.54) is 24.0 Å². The molecule has 2 aliphatic heterocycles. The molecule has 126 valence electrons. The Balaban J connectivity index is 1.19. The minimum atomic E-state index is 0.288. The predicted molar refractivity (Wildman–Crippen MR) is 95.1 cm³/mol. The second-order valence-corrected chi connectivity index (χ2v) is 6.87. The molecule has 0 spiro atoms. The fourth-order valence-corrected chi connectivity index (χ4v) is 3.71. The summed E-state index contributed by atoms with van der Waals surface area (Å²) in [4.78, 5) is 6.73. The third-order valence-corrected chi connectivity index (χ3v) is 5.06. The number of likely N-dealkylation sites (tertiary alicyclic amines) is 1. The van der Waals surface area contributed by atoms with E-state index in [-0.39, 0.29) is 6.10 Å². The molecule has 4 heteroatoms. The van der Waals surface area contributed by atoms with Crippen molar-refractivity contribution >= 4 is 0 Å². The number of benzene rings is 1. The van der Waals surface area contributed by atoms with E-state index in [0.29, 0.717) is 6.04 Å². The van der Waals surface area contributed by atoms with Gasteiger partial charge in [-0.2, -0.15) is 0 Å². The maximum atomic E-state index is 6.02. The van der Waals surface area contributed by atoms with Crippen molar-refractivity contribution in [3.05, 3.63) is 59.9 Å². The molecule has 2 aromatic rings. The molecule has 0 saturated carbocycles. The Morgan fingerprint density at radius 1 is 1.12 bits per heavy atom. The molecule has 2 aliphatic rings. The molecule has 0 bridgehead atoms. The van der Waals surface area contributed by atoms with Gasteiger partial charge in [-0.25, -0.2) is 0 Å². The first kappa shape index (κ1) is 15.6. The summed E-state index contributed by atoms with van der Waals surface area (Å²) in [7, 11) is 0. The van der Waals surface area contributed by atoms with Crippen LogP contribution < -0.4 is 10.1 Å². The van der Waals surface area contributed by atoms with Gasteiger partial charge in [0.15, 0.2) is 0 Å². The lowest BCUT2D eigenvalue weighted by molar-refractivity contribution is 0.172. The summed E-state index contributed by atoms with van der Waals surface area (Å²) >= 11 is 0. The zero-order valence-electron chi connectivity index (χ0n) is 14.0. The lowest BCUT2D eigenvalue weighted by Gasteiger charge is -2.32. The van der Waals surface area contributed by atoms with Crippen LogP contribution in [0.15, 0.2) is 48.8 Å². The van der Waals surface area contributed by atoms with Gasteiger partial charge in [-0.1, -0.05) is 24.3 Å². The third-order valence-electron chi connectivity index (χ3n) is 5.06. The monoisotopic (exact) mass is 323 g/mol. The molecule has 1 saturated heterocycles. The van der Waals surface area contributed by atoms with Gasteiger partial charge in [0.25, 0.3) is 0 Å². The Hall–Kier alpha value is -1.91. The summed E-state index contributed by atoms with van der Waals surface area (Å²) < 4.78 is 6.02. The smallest absolute Gasteiger partial charge is 0.123 e. The molecule has 0 unspecified atom stereocenters. The second kappa shape index (κ2) is 7.32. The van der Waals surface area contributed by atoms with E-state index < -0.39 is 0 Å². The van der Waals surface area contributed by atoms with Crippen molar-refractivity contribution in [1.82, 2.24) is 15.2 Å². The maximum absolute atomic E-state index is 6.02. The Morgan fingerprint density at radius 2 is 2.00 bits per heavy atom. The Morgan fingerprint density at radius 3 is 2.79 bits per heavy atom. The Bertz CT molecular complexity index is 628. The van der Waals surface area contributed by atoms with Gasteiger partial charge in [0.05, 0.1) is 0 Å². The molecule has 3 heterocycles. The van der Waals surface area contributed by atoms with Crippen molar-refractivity contribution in [3.63, 3.8) is 0 Å². The normalized spacial score (nSPS) is 21.4. The molecule has 1 atom stereocenters. The number of para-hydroxylation sites is 1. The standard InChI is InChI=1S/C20H25N3O/c1-2-6-20-17(5-1)12-19(24-20)14-22-18-7-10-23(11-8-18)15-16-4-3-9-21-13-16/h1-6,9,13,18-19,22H,7-8,10-12,14-15H2/t19-/m0/s1. The average Bonchev–Trinajstić information content (AvgIpc) is 3.05. The van der Waals surface area contributed by atoms with Crippen LogP contribution in [0.2, 0.25) is 0 Å². The lowest BCUT2D eigenvalue weighted by atomic mass is 10.0. The van der Waals surface area contributed by atoms with Crippen molar-refractivity contribution in [2.45, 2.75) is 38.0 Å². The van der Waals surface area contributed by atoms with Crippen LogP contribution in [0.5, 0.6) is 5.75 Å². The maximum Gasteiger partial charge on any atom is 0.123 e. The molecule has 1 aromatic carbocycles. The van der Waals surface area contributed by atoms with Crippen LogP contribution in [0.1, 0.15) is 24.0 Å². The first-order valence-corrected chi connectivity index (χ1v) is 8.96. The van der Waals surface area contributed by atoms with Crippen molar-refractivity contribution in [2.75, 3.05) is 19.6 Å². The van der Waals surface area contributed by atoms with Gasteiger partial charge < -0.3 is 10.1 Å². The molecular weight excluding hydrogens is 298 g/mol. The summed E-state index contributed by atoms with van der Waals surface area (Å²) in [5, 5.41) is 3.72. The first-order valence-electron chi connectivity index (χ1n) is 8.96. The predicted octanol–water partition coefficient (Wildman–Crippen LogP) is 2.64. The summed E-state index contributed by atoms with van der Waals surface area (Å²) in [6, 6.07) is 13.2. The number of hydrogen-bond acceptors (Lipinski definition) is 4. The van der Waals surface area contributed by atoms with Crippen LogP contribution in [0.4, 0.5) is 0 Å². The Kier molecular flexibility index (Phi) is 4.76. The molecule has 4 rings (SSSR count). The van der Waals surface area contributed by atoms with Crippen molar-refractivity contribution in [3.8, 4) is 5.75 Å². The highest BCUT2D eigenvalue weighted by molar-refractivity contribution is 5.37. The first-order chi connectivity index (χ1) is 11.9. The van der Waals surface area contributed by atoms with E-state index in [1.807, 2.05) is 24.5 Å². The quantitative estimate of drug-likeness (QED) is 0.918. The summed E-state index contributed by atoms with van der Waals surface area (Å²) in [6.07, 6.45) is 7.54. The summed E-state index contributed by atoms with van der Waals surface area (Å²) in [6.45, 7) is 4.26. The lowest BCUT2D eigenvalue weighted by Crippen LogP contribution is -2.45. The van der Waals surface area contributed by atoms with Crippen LogP contribution in [-0.4, -0.2) is 41.7 Å². The molecule has 1 fully saturated rings. The fourth-order valence-electron chi connectivity index (χ4n) is 3.71. The van der Waals surface area contributed by atoms with E-state index in [9.17, 15) is 0 Å². The van der Waals surface area contributed by atoms with E-state index >= 15 is 0 Å². The van der Waals surface area contributed by atoms with Gasteiger partial charge in [0.1, 0.15) is 11.9 Å². The number of piperidine rings is 1. The van der Waals surface area contributed by atoms with Crippen molar-refractivity contribution < 1.29 is 4.74 Å². The molecule has 4 nitrogen and oxygen atoms in total. The van der Waals surface area contributed by atoms with Crippen LogP contribution in [0.25, 0.3) is 0 Å². The topological polar surface area (TPSA) is 37.4 Å². The van der Waals surface area contributed by atoms with Gasteiger partial charge in [-0.3, -0.25) is 9.88 Å². The SMILES string of the molecule is c1cncc(CN2CCC(NC[C@@H]3Cc4ccccc4O3)CC2)c1. The molecule has 0 radical (unpaired) electrons. The molecule has 1 N–H and O–H groups in total. The minimum Gasteiger partial charge on any atom is -0.488 e. The van der Waals surface area contributed by atoms with E-state index in [4.69, 9.17) is 4.74 Å². The summed E-state index contributed by atoms with van der Waals surface area (Å²) in [5.41, 5.74) is 2.65. The molecule has 0 aliphatic carbocycles. The van der Waals surface area contributed by atoms with Gasteiger partial charge in [0, 0.05) is 37.9 Å². The third kappa shape index (κ3) is 3.77. The second-order valence-electron chi connectivity index (χ2n) is 6.87. The fraction of sp³-hybridized carbons (Fsp3) is 0.450. The highest BCUT2D eigenvalue weighted by atomic mass is 16.5. The number of nitrogens with zero attached hydrogens (tertiary/aromatic N) is 2. The highest BCUT2D eigenvalue weighted by Gasteiger charge is 2.24. The van der Waals surface area contributed by atoms with Crippen LogP contribution in [0, 0.1) is 0 Å². The number of aromatic nitrogens is 1. The molecule has 1 aromatic heterocycles. The van der Waals surface area contributed by atoms with E-state index in [2.05, 4.69) is 39.5 Å². The molecule has 0 amide bonds. The van der Waals surface area contributed by atoms with Gasteiger partial charge >= 0.3 is 0 Å². The molecule has 24 heavy (non-hydrogen) atoms. The van der Waals surface area contributed by atoms with Crippen LogP contribution in [-0.2, 0) is 13.0 Å². The number of ether oxygens (including phenoxy) is 1. The van der Waals surface area contributed by atoms with Gasteiger partial charge in [-0.05, 0) is 49.2 Å². The number of nitrogens with one attached hydrogen (secondary N) is 1. The zero-order chi connectivity index (χ0) is 16.2. The number of pyridine rings is 1. The van der Waals surface area contributed by atoms with Gasteiger partial charge in [-0.15, -0.1) is 0 Å². The van der Waals surface area contributed by atoms with Crippen molar-refractivity contribution in [2.24, 2.45) is 0 Å². The highest BCUT2D eigenvalue weighted by Crippen LogP contribution is 2.28. The number of fused-ring (bicyclic) bond motifs is 1. The minimum absolute atomic E-state index is 0.288. The van der Waals surface area contributed by atoms with Crippen LogP contribution >= 0.6 is 0 Å². The summed E-state index contributed by atoms with van der Waals surface area (Å²) in [5.74, 6) is 1.07. The largest absolute Gasteiger partial charge is 0.488 e. The van der Waals surface area contributed by atoms with E-state index in [0.717, 1.165) is 38.3 Å². The average molecular weight is 323 g/mol. The van der Waals surface area contributed by atoms with Gasteiger partial charge in [0.2, 0.25) is 0 Å². The van der Waals surface area contributed by atoms with Crippen molar-refractivity contribution in [1.29, 1.82) is 0 Å². The number of hydrogen-bond donors (Lipinski definition) is 1. The zero-order valence-corrected chi connectivity index (χ0v) is 14.0. The van der Waals surface area contributed by atoms with Crippen LogP contribution in [0.3, 0.4) is 0 Å². The Labute approximate surface area is 143 Å². The molecular formula is C20H25N3O. The number of rotatable bonds is 5.